The van der Waals surface area contributed by atoms with E-state index in [0.717, 1.165) is 93.4 Å². The lowest BCUT2D eigenvalue weighted by Gasteiger charge is -2.42. The molecule has 4 aliphatic rings. The van der Waals surface area contributed by atoms with Gasteiger partial charge in [0, 0.05) is 43.6 Å². The van der Waals surface area contributed by atoms with Crippen molar-refractivity contribution < 1.29 is 14.0 Å². The summed E-state index contributed by atoms with van der Waals surface area (Å²) in [6, 6.07) is 8.75. The Hall–Kier alpha value is -2.15. The van der Waals surface area contributed by atoms with Crippen LogP contribution in [0.15, 0.2) is 30.3 Å². The minimum absolute atomic E-state index is 0.00362. The van der Waals surface area contributed by atoms with E-state index in [1.807, 2.05) is 11.0 Å². The molecule has 1 spiro atoms. The highest BCUT2D eigenvalue weighted by atomic mass is 35.5. The fourth-order valence-corrected chi connectivity index (χ4v) is 8.02. The number of halogens is 3. The van der Waals surface area contributed by atoms with E-state index in [9.17, 15) is 14.0 Å². The fourth-order valence-electron chi connectivity index (χ4n) is 7.57. The summed E-state index contributed by atoms with van der Waals surface area (Å²) in [6.07, 6.45) is 7.57. The molecule has 3 heterocycles. The van der Waals surface area contributed by atoms with Crippen molar-refractivity contribution in [2.45, 2.75) is 69.7 Å². The van der Waals surface area contributed by atoms with Crippen LogP contribution in [0.5, 0.6) is 0 Å². The number of carbonyl (C=O) groups is 2. The molecular formula is C31H36Cl2FN3O2. The van der Waals surface area contributed by atoms with Crippen molar-refractivity contribution in [3.05, 3.63) is 62.9 Å². The van der Waals surface area contributed by atoms with Gasteiger partial charge >= 0.3 is 0 Å². The molecule has 8 heteroatoms. The van der Waals surface area contributed by atoms with Gasteiger partial charge in [-0.25, -0.2) is 4.39 Å². The first kappa shape index (κ1) is 27.0. The number of fused-ring (bicyclic) bond motifs is 3. The van der Waals surface area contributed by atoms with Gasteiger partial charge < -0.3 is 14.7 Å². The Morgan fingerprint density at radius 1 is 1.05 bits per heavy atom. The first-order valence-electron chi connectivity index (χ1n) is 14.4. The van der Waals surface area contributed by atoms with Crippen LogP contribution in [0.25, 0.3) is 0 Å². The summed E-state index contributed by atoms with van der Waals surface area (Å²) in [6.45, 7) is 5.49. The largest absolute Gasteiger partial charge is 0.335 e. The monoisotopic (exact) mass is 571 g/mol. The van der Waals surface area contributed by atoms with Crippen molar-refractivity contribution in [1.82, 2.24) is 9.80 Å². The summed E-state index contributed by atoms with van der Waals surface area (Å²) in [5.74, 6) is 0.186. The van der Waals surface area contributed by atoms with E-state index in [2.05, 4.69) is 15.9 Å². The number of hydrogen-bond acceptors (Lipinski definition) is 3. The molecule has 1 atom stereocenters. The third-order valence-electron chi connectivity index (χ3n) is 9.75. The van der Waals surface area contributed by atoms with Gasteiger partial charge in [-0.3, -0.25) is 9.59 Å². The zero-order valence-electron chi connectivity index (χ0n) is 22.5. The Balaban J connectivity index is 1.18. The summed E-state index contributed by atoms with van der Waals surface area (Å²) in [7, 11) is 0. The first-order chi connectivity index (χ1) is 18.8. The number of benzene rings is 2. The smallest absolute Gasteiger partial charge is 0.226 e. The van der Waals surface area contributed by atoms with Crippen molar-refractivity contribution in [3.8, 4) is 0 Å². The second kappa shape index (κ2) is 10.7. The average molecular weight is 573 g/mol. The van der Waals surface area contributed by atoms with Crippen LogP contribution in [0, 0.1) is 11.7 Å². The van der Waals surface area contributed by atoms with Crippen molar-refractivity contribution >= 4 is 40.7 Å². The number of amides is 2. The van der Waals surface area contributed by atoms with E-state index in [4.69, 9.17) is 23.2 Å². The molecule has 1 aliphatic carbocycles. The van der Waals surface area contributed by atoms with E-state index >= 15 is 0 Å². The third kappa shape index (κ3) is 4.87. The molecule has 5 nitrogen and oxygen atoms in total. The fraction of sp³-hybridized carbons (Fsp3) is 0.548. The molecule has 2 amide bonds. The van der Waals surface area contributed by atoms with Crippen LogP contribution in [0.2, 0.25) is 10.0 Å². The second-order valence-corrected chi connectivity index (χ2v) is 12.7. The topological polar surface area (TPSA) is 43.9 Å². The molecule has 3 aliphatic heterocycles. The van der Waals surface area contributed by atoms with Gasteiger partial charge in [0.05, 0.1) is 16.1 Å². The highest BCUT2D eigenvalue weighted by molar-refractivity contribution is 6.42. The van der Waals surface area contributed by atoms with Crippen molar-refractivity contribution in [1.29, 1.82) is 0 Å². The van der Waals surface area contributed by atoms with E-state index < -0.39 is 0 Å². The number of rotatable bonds is 4. The zero-order chi connectivity index (χ0) is 27.3. The Morgan fingerprint density at radius 2 is 1.79 bits per heavy atom. The average Bonchev–Trinajstić information content (AvgIpc) is 3.57. The first-order valence-corrected chi connectivity index (χ1v) is 15.1. The van der Waals surface area contributed by atoms with Gasteiger partial charge in [-0.15, -0.1) is 0 Å². The van der Waals surface area contributed by atoms with Gasteiger partial charge in [0.15, 0.2) is 0 Å². The summed E-state index contributed by atoms with van der Waals surface area (Å²) in [4.78, 5) is 32.4. The van der Waals surface area contributed by atoms with Crippen LogP contribution < -0.4 is 4.90 Å². The predicted octanol–water partition coefficient (Wildman–Crippen LogP) is 6.54. The van der Waals surface area contributed by atoms with E-state index in [-0.39, 0.29) is 29.1 Å². The lowest BCUT2D eigenvalue weighted by molar-refractivity contribution is -0.138. The minimum atomic E-state index is -0.247. The van der Waals surface area contributed by atoms with Crippen LogP contribution in [0.4, 0.5) is 10.1 Å². The maximum absolute atomic E-state index is 14.3. The number of likely N-dealkylation sites (tertiary alicyclic amines) is 1. The molecule has 1 unspecified atom stereocenters. The number of anilines is 1. The van der Waals surface area contributed by atoms with Crippen molar-refractivity contribution in [3.63, 3.8) is 0 Å². The minimum Gasteiger partial charge on any atom is -0.335 e. The van der Waals surface area contributed by atoms with Crippen LogP contribution in [-0.4, -0.2) is 54.3 Å². The van der Waals surface area contributed by atoms with Crippen molar-refractivity contribution in [2.24, 2.45) is 5.92 Å². The molecule has 0 N–H and O–H groups in total. The van der Waals surface area contributed by atoms with Gasteiger partial charge in [-0.2, -0.15) is 0 Å². The Bertz CT molecular complexity index is 1290. The van der Waals surface area contributed by atoms with Crippen LogP contribution >= 0.6 is 23.2 Å². The Kier molecular flexibility index (Phi) is 7.41. The normalized spacial score (nSPS) is 22.8. The zero-order valence-corrected chi connectivity index (χ0v) is 24.0. The lowest BCUT2D eigenvalue weighted by atomic mass is 9.74. The van der Waals surface area contributed by atoms with Crippen LogP contribution in [0.3, 0.4) is 0 Å². The molecule has 2 fully saturated rings. The molecule has 6 rings (SSSR count). The van der Waals surface area contributed by atoms with E-state index in [0.29, 0.717) is 29.0 Å². The lowest BCUT2D eigenvalue weighted by Crippen LogP contribution is -2.47. The molecule has 39 heavy (non-hydrogen) atoms. The van der Waals surface area contributed by atoms with Gasteiger partial charge in [0.25, 0.3) is 0 Å². The molecule has 0 bridgehead atoms. The molecule has 2 aromatic carbocycles. The number of nitrogens with zero attached hydrogens (tertiary/aromatic N) is 3. The molecular weight excluding hydrogens is 536 g/mol. The van der Waals surface area contributed by atoms with Gasteiger partial charge in [-0.05, 0) is 92.6 Å². The number of piperidine rings is 1. The van der Waals surface area contributed by atoms with Gasteiger partial charge in [-0.1, -0.05) is 42.1 Å². The maximum atomic E-state index is 14.3. The number of hydrogen-bond donors (Lipinski definition) is 0. The third-order valence-corrected chi connectivity index (χ3v) is 10.6. The molecule has 1 saturated heterocycles. The Morgan fingerprint density at radius 3 is 2.51 bits per heavy atom. The predicted molar refractivity (Wildman–Crippen MR) is 153 cm³/mol. The van der Waals surface area contributed by atoms with Crippen LogP contribution in [-0.2, 0) is 21.4 Å². The second-order valence-electron chi connectivity index (χ2n) is 11.9. The SMILES string of the molecule is CC(=O)N1CC2(CCN(CCC3c4ccc(Cl)c(Cl)c4CCN3C(=O)C3CCCC3)CC2)c2cc(F)ccc21. The Labute approximate surface area is 240 Å². The van der Waals surface area contributed by atoms with Crippen molar-refractivity contribution in [2.75, 3.05) is 37.6 Å². The molecule has 2 aromatic rings. The quantitative estimate of drug-likeness (QED) is 0.418. The maximum Gasteiger partial charge on any atom is 0.226 e. The summed E-state index contributed by atoms with van der Waals surface area (Å²) >= 11 is 13.0. The van der Waals surface area contributed by atoms with E-state index in [1.165, 1.54) is 6.07 Å². The van der Waals surface area contributed by atoms with Gasteiger partial charge in [0.2, 0.25) is 11.8 Å². The van der Waals surface area contributed by atoms with Gasteiger partial charge in [0.1, 0.15) is 5.82 Å². The number of carbonyl (C=O) groups excluding carboxylic acids is 2. The molecule has 0 radical (unpaired) electrons. The van der Waals surface area contributed by atoms with E-state index in [1.54, 1.807) is 19.1 Å². The highest BCUT2D eigenvalue weighted by Crippen LogP contribution is 2.48. The summed E-state index contributed by atoms with van der Waals surface area (Å²) in [5.41, 5.74) is 3.83. The summed E-state index contributed by atoms with van der Waals surface area (Å²) < 4.78 is 14.3. The summed E-state index contributed by atoms with van der Waals surface area (Å²) in [5, 5.41) is 1.19. The van der Waals surface area contributed by atoms with Crippen LogP contribution in [0.1, 0.15) is 74.6 Å². The highest BCUT2D eigenvalue weighted by Gasteiger charge is 2.46. The standard InChI is InChI=1S/C31H36Cl2FN3O2/c1-20(38)37-19-31(25-18-22(34)6-9-28(25)37)12-16-35(17-13-31)14-11-27-23-7-8-26(32)29(33)24(23)10-15-36(27)30(39)21-4-2-3-5-21/h6-9,18,21,27H,2-5,10-17,19H2,1H3. The molecule has 1 saturated carbocycles. The molecule has 0 aromatic heterocycles. The molecule has 208 valence electrons.